The highest BCUT2D eigenvalue weighted by atomic mass is 16.5. The van der Waals surface area contributed by atoms with Crippen LogP contribution in [0.5, 0.6) is 0 Å². The molecule has 2 N–H and O–H groups in total. The second kappa shape index (κ2) is 8.03. The van der Waals surface area contributed by atoms with Crippen molar-refractivity contribution >= 4 is 11.9 Å². The quantitative estimate of drug-likeness (QED) is 0.640. The molecule has 9 nitrogen and oxygen atoms in total. The van der Waals surface area contributed by atoms with E-state index in [0.717, 1.165) is 22.6 Å². The van der Waals surface area contributed by atoms with Gasteiger partial charge in [-0.1, -0.05) is 5.16 Å². The Hall–Kier alpha value is -3.49. The Kier molecular flexibility index (Phi) is 5.53. The van der Waals surface area contributed by atoms with Crippen LogP contribution in [0.15, 0.2) is 28.8 Å². The Bertz CT molecular complexity index is 1000. The number of aliphatic carboxylic acids is 1. The van der Waals surface area contributed by atoms with Gasteiger partial charge in [0.1, 0.15) is 0 Å². The normalized spacial score (nSPS) is 10.8. The van der Waals surface area contributed by atoms with Gasteiger partial charge in [-0.25, -0.2) is 4.68 Å². The number of hydrogen-bond acceptors (Lipinski definition) is 6. The van der Waals surface area contributed by atoms with Crippen molar-refractivity contribution in [3.05, 3.63) is 58.5 Å². The number of carbonyl (C=O) groups excluding carboxylic acids is 1. The number of nitrogens with one attached hydrogen (secondary N) is 1. The fraction of sp³-hybridized carbons (Fsp3) is 0.316. The van der Waals surface area contributed by atoms with Gasteiger partial charge in [0.05, 0.1) is 17.9 Å². The van der Waals surface area contributed by atoms with E-state index in [-0.39, 0.29) is 18.9 Å². The third kappa shape index (κ3) is 4.25. The third-order valence-corrected chi connectivity index (χ3v) is 4.37. The summed E-state index contributed by atoms with van der Waals surface area (Å²) in [6, 6.07) is 7.01. The first kappa shape index (κ1) is 19.3. The standard InChI is InChI=1S/C19H21N5O4/c1-11-16(8-9-18(25)26)12(2)24(22-11)15-6-4-14(5-7-15)19(27)20-10-17-21-13(3)23-28-17/h4-7H,8-10H2,1-3H3,(H,20,27)(H,25,26). The van der Waals surface area contributed by atoms with Crippen LogP contribution in [0, 0.1) is 20.8 Å². The smallest absolute Gasteiger partial charge is 0.303 e. The van der Waals surface area contributed by atoms with E-state index in [1.165, 1.54) is 0 Å². The second-order valence-corrected chi connectivity index (χ2v) is 6.42. The molecule has 28 heavy (non-hydrogen) atoms. The highest BCUT2D eigenvalue weighted by molar-refractivity contribution is 5.94. The molecule has 0 radical (unpaired) electrons. The zero-order valence-electron chi connectivity index (χ0n) is 15.9. The van der Waals surface area contributed by atoms with E-state index in [4.69, 9.17) is 9.63 Å². The van der Waals surface area contributed by atoms with Crippen LogP contribution in [0.25, 0.3) is 5.69 Å². The van der Waals surface area contributed by atoms with Gasteiger partial charge in [-0.3, -0.25) is 9.59 Å². The van der Waals surface area contributed by atoms with Crippen molar-refractivity contribution in [2.45, 2.75) is 40.2 Å². The molecule has 0 aliphatic heterocycles. The summed E-state index contributed by atoms with van der Waals surface area (Å²) in [6.45, 7) is 5.64. The van der Waals surface area contributed by atoms with E-state index in [2.05, 4.69) is 20.6 Å². The van der Waals surface area contributed by atoms with E-state index in [9.17, 15) is 9.59 Å². The van der Waals surface area contributed by atoms with E-state index >= 15 is 0 Å². The van der Waals surface area contributed by atoms with Crippen LogP contribution < -0.4 is 5.32 Å². The molecule has 1 aromatic carbocycles. The van der Waals surface area contributed by atoms with Crippen molar-refractivity contribution in [2.24, 2.45) is 0 Å². The lowest BCUT2D eigenvalue weighted by atomic mass is 10.1. The predicted octanol–water partition coefficient (Wildman–Crippen LogP) is 2.13. The third-order valence-electron chi connectivity index (χ3n) is 4.37. The molecule has 146 valence electrons. The first-order chi connectivity index (χ1) is 13.3. The molecule has 0 aliphatic carbocycles. The predicted molar refractivity (Wildman–Crippen MR) is 99.2 cm³/mol. The van der Waals surface area contributed by atoms with Gasteiger partial charge in [0.25, 0.3) is 5.91 Å². The number of carbonyl (C=O) groups is 2. The topological polar surface area (TPSA) is 123 Å². The average molecular weight is 383 g/mol. The molecule has 0 atom stereocenters. The summed E-state index contributed by atoms with van der Waals surface area (Å²) in [5.74, 6) is -0.226. The SMILES string of the molecule is Cc1noc(CNC(=O)c2ccc(-n3nc(C)c(CCC(=O)O)c3C)cc2)n1. The molecule has 0 saturated heterocycles. The van der Waals surface area contributed by atoms with Crippen molar-refractivity contribution in [3.8, 4) is 5.69 Å². The molecule has 0 saturated carbocycles. The van der Waals surface area contributed by atoms with Crippen LogP contribution in [0.4, 0.5) is 0 Å². The molecule has 2 heterocycles. The Morgan fingerprint density at radius 1 is 1.18 bits per heavy atom. The van der Waals surface area contributed by atoms with Gasteiger partial charge in [0.15, 0.2) is 5.82 Å². The minimum absolute atomic E-state index is 0.0616. The van der Waals surface area contributed by atoms with E-state index in [0.29, 0.717) is 23.7 Å². The van der Waals surface area contributed by atoms with Crippen LogP contribution in [-0.4, -0.2) is 36.9 Å². The molecule has 2 aromatic heterocycles. The molecule has 0 unspecified atom stereocenters. The van der Waals surface area contributed by atoms with Gasteiger partial charge < -0.3 is 14.9 Å². The molecule has 0 fully saturated rings. The lowest BCUT2D eigenvalue weighted by Crippen LogP contribution is -2.23. The van der Waals surface area contributed by atoms with Crippen LogP contribution in [0.1, 0.15) is 45.4 Å². The van der Waals surface area contributed by atoms with Gasteiger partial charge in [0.2, 0.25) is 5.89 Å². The number of amides is 1. The van der Waals surface area contributed by atoms with Crippen LogP contribution in [0.3, 0.4) is 0 Å². The summed E-state index contributed by atoms with van der Waals surface area (Å²) in [5, 5.41) is 19.8. The van der Waals surface area contributed by atoms with E-state index in [1.807, 2.05) is 13.8 Å². The fourth-order valence-electron chi connectivity index (χ4n) is 2.94. The second-order valence-electron chi connectivity index (χ2n) is 6.42. The summed E-state index contributed by atoms with van der Waals surface area (Å²) in [5.41, 5.74) is 3.91. The lowest BCUT2D eigenvalue weighted by Gasteiger charge is -2.07. The number of nitrogens with zero attached hydrogens (tertiary/aromatic N) is 4. The minimum Gasteiger partial charge on any atom is -0.481 e. The molecule has 1 amide bonds. The number of aryl methyl sites for hydroxylation is 2. The van der Waals surface area contributed by atoms with Gasteiger partial charge in [0, 0.05) is 17.7 Å². The largest absolute Gasteiger partial charge is 0.481 e. The van der Waals surface area contributed by atoms with Crippen LogP contribution >= 0.6 is 0 Å². The molecule has 0 aliphatic rings. The minimum atomic E-state index is -0.836. The van der Waals surface area contributed by atoms with E-state index in [1.54, 1.807) is 35.9 Å². The number of aromatic nitrogens is 4. The molecule has 3 aromatic rings. The van der Waals surface area contributed by atoms with Crippen molar-refractivity contribution in [1.82, 2.24) is 25.2 Å². The Morgan fingerprint density at radius 3 is 2.50 bits per heavy atom. The summed E-state index contributed by atoms with van der Waals surface area (Å²) in [7, 11) is 0. The molecule has 9 heteroatoms. The van der Waals surface area contributed by atoms with Crippen LogP contribution in [-0.2, 0) is 17.8 Å². The van der Waals surface area contributed by atoms with Gasteiger partial charge in [-0.05, 0) is 57.0 Å². The molecular formula is C19H21N5O4. The van der Waals surface area contributed by atoms with Gasteiger partial charge in [-0.15, -0.1) is 0 Å². The summed E-state index contributed by atoms with van der Waals surface area (Å²) in [4.78, 5) is 27.1. The molecule has 0 bridgehead atoms. The number of hydrogen-bond donors (Lipinski definition) is 2. The maximum Gasteiger partial charge on any atom is 0.303 e. The average Bonchev–Trinajstić information content (AvgIpc) is 3.21. The highest BCUT2D eigenvalue weighted by Gasteiger charge is 2.15. The van der Waals surface area contributed by atoms with Crippen LogP contribution in [0.2, 0.25) is 0 Å². The fourth-order valence-corrected chi connectivity index (χ4v) is 2.94. The maximum atomic E-state index is 12.3. The van der Waals surface area contributed by atoms with Crippen molar-refractivity contribution in [3.63, 3.8) is 0 Å². The Labute approximate surface area is 161 Å². The molecular weight excluding hydrogens is 362 g/mol. The lowest BCUT2D eigenvalue weighted by molar-refractivity contribution is -0.136. The molecule has 3 rings (SSSR count). The van der Waals surface area contributed by atoms with Gasteiger partial charge in [-0.2, -0.15) is 10.1 Å². The zero-order valence-corrected chi connectivity index (χ0v) is 15.9. The number of carboxylic acids is 1. The summed E-state index contributed by atoms with van der Waals surface area (Å²) in [6.07, 6.45) is 0.495. The number of benzene rings is 1. The van der Waals surface area contributed by atoms with E-state index < -0.39 is 5.97 Å². The first-order valence-electron chi connectivity index (χ1n) is 8.80. The monoisotopic (exact) mass is 383 g/mol. The van der Waals surface area contributed by atoms with Gasteiger partial charge >= 0.3 is 5.97 Å². The van der Waals surface area contributed by atoms with Crippen molar-refractivity contribution in [2.75, 3.05) is 0 Å². The highest BCUT2D eigenvalue weighted by Crippen LogP contribution is 2.20. The van der Waals surface area contributed by atoms with Crippen molar-refractivity contribution < 1.29 is 19.2 Å². The number of carboxylic acid groups (broad SMARTS) is 1. The maximum absolute atomic E-state index is 12.3. The molecule has 0 spiro atoms. The first-order valence-corrected chi connectivity index (χ1v) is 8.80. The van der Waals surface area contributed by atoms with Crippen molar-refractivity contribution in [1.29, 1.82) is 0 Å². The Balaban J connectivity index is 1.71. The zero-order chi connectivity index (χ0) is 20.3. The summed E-state index contributed by atoms with van der Waals surface area (Å²) >= 11 is 0. The number of rotatable bonds is 7. The Morgan fingerprint density at radius 2 is 1.89 bits per heavy atom. The summed E-state index contributed by atoms with van der Waals surface area (Å²) < 4.78 is 6.72.